The van der Waals surface area contributed by atoms with Gasteiger partial charge in [-0.15, -0.1) is 0 Å². The van der Waals surface area contributed by atoms with Crippen molar-refractivity contribution in [1.29, 1.82) is 0 Å². The number of nitrogens with one attached hydrogen (secondary N) is 1. The summed E-state index contributed by atoms with van der Waals surface area (Å²) < 4.78 is 10.1. The third kappa shape index (κ3) is 4.88. The van der Waals surface area contributed by atoms with Crippen molar-refractivity contribution in [3.05, 3.63) is 28.0 Å². The Morgan fingerprint density at radius 3 is 2.65 bits per heavy atom. The fourth-order valence-electron chi connectivity index (χ4n) is 1.48. The highest BCUT2D eigenvalue weighted by Gasteiger charge is 2.21. The number of hydrogen-bond acceptors (Lipinski definition) is 6. The fraction of sp³-hybridized carbons (Fsp3) is 0.583. The second-order valence-corrected chi connectivity index (χ2v) is 5.25. The first kappa shape index (κ1) is 16.0. The minimum Gasteiger partial charge on any atom is -0.444 e. The molecule has 8 nitrogen and oxygen atoms in total. The van der Waals surface area contributed by atoms with Crippen molar-refractivity contribution < 1.29 is 18.9 Å². The van der Waals surface area contributed by atoms with Crippen LogP contribution in [-0.4, -0.2) is 29.7 Å². The van der Waals surface area contributed by atoms with Gasteiger partial charge in [0, 0.05) is 19.0 Å². The standard InChI is InChI=1S/C12H19N3O5/c1-12(2,3)20-11(16)14-7-8(6-13)9-4-5-10(19-9)15(17)18/h4-5,8H,6-7,13H2,1-3H3,(H,14,16). The maximum atomic E-state index is 11.5. The summed E-state index contributed by atoms with van der Waals surface area (Å²) >= 11 is 0. The molecule has 0 radical (unpaired) electrons. The van der Waals surface area contributed by atoms with Crippen molar-refractivity contribution in [2.24, 2.45) is 5.73 Å². The lowest BCUT2D eigenvalue weighted by molar-refractivity contribution is -0.402. The van der Waals surface area contributed by atoms with Crippen LogP contribution in [0.1, 0.15) is 32.4 Å². The van der Waals surface area contributed by atoms with Gasteiger partial charge in [0.15, 0.2) is 0 Å². The van der Waals surface area contributed by atoms with Gasteiger partial charge in [0.05, 0.1) is 6.07 Å². The summed E-state index contributed by atoms with van der Waals surface area (Å²) in [6.07, 6.45) is -0.572. The average Bonchev–Trinajstić information content (AvgIpc) is 2.77. The van der Waals surface area contributed by atoms with Gasteiger partial charge in [-0.05, 0) is 26.8 Å². The Bertz CT molecular complexity index is 478. The summed E-state index contributed by atoms with van der Waals surface area (Å²) in [5, 5.41) is 13.1. The first-order valence-corrected chi connectivity index (χ1v) is 6.14. The first-order chi connectivity index (χ1) is 9.23. The lowest BCUT2D eigenvalue weighted by Gasteiger charge is -2.20. The van der Waals surface area contributed by atoms with Crippen LogP contribution >= 0.6 is 0 Å². The highest BCUT2D eigenvalue weighted by Crippen LogP contribution is 2.22. The van der Waals surface area contributed by atoms with Gasteiger partial charge < -0.3 is 20.2 Å². The molecule has 1 aromatic rings. The number of carbonyl (C=O) groups is 1. The monoisotopic (exact) mass is 285 g/mol. The van der Waals surface area contributed by atoms with E-state index in [1.54, 1.807) is 20.8 Å². The van der Waals surface area contributed by atoms with E-state index in [2.05, 4.69) is 5.32 Å². The number of alkyl carbamates (subject to hydrolysis) is 1. The van der Waals surface area contributed by atoms with Gasteiger partial charge in [-0.25, -0.2) is 4.79 Å². The van der Waals surface area contributed by atoms with E-state index in [0.717, 1.165) is 0 Å². The Balaban J connectivity index is 2.59. The van der Waals surface area contributed by atoms with Gasteiger partial charge >= 0.3 is 12.0 Å². The summed E-state index contributed by atoms with van der Waals surface area (Å²) in [7, 11) is 0. The summed E-state index contributed by atoms with van der Waals surface area (Å²) in [4.78, 5) is 21.4. The number of nitrogens with two attached hydrogens (primary N) is 1. The summed E-state index contributed by atoms with van der Waals surface area (Å²) in [5.74, 6) is -0.345. The van der Waals surface area contributed by atoms with E-state index in [-0.39, 0.29) is 24.9 Å². The van der Waals surface area contributed by atoms with Crippen molar-refractivity contribution in [3.63, 3.8) is 0 Å². The van der Waals surface area contributed by atoms with Gasteiger partial charge in [-0.2, -0.15) is 0 Å². The highest BCUT2D eigenvalue weighted by molar-refractivity contribution is 5.67. The Labute approximate surface area is 116 Å². The van der Waals surface area contributed by atoms with Crippen LogP contribution in [0.2, 0.25) is 0 Å². The third-order valence-corrected chi connectivity index (χ3v) is 2.37. The molecule has 0 saturated carbocycles. The van der Waals surface area contributed by atoms with Crippen molar-refractivity contribution in [2.75, 3.05) is 13.1 Å². The van der Waals surface area contributed by atoms with Gasteiger partial charge in [0.1, 0.15) is 16.3 Å². The SMILES string of the molecule is CC(C)(C)OC(=O)NCC(CN)c1ccc([N+](=O)[O-])o1. The van der Waals surface area contributed by atoms with Gasteiger partial charge in [-0.1, -0.05) is 0 Å². The molecule has 1 heterocycles. The van der Waals surface area contributed by atoms with Crippen LogP contribution in [-0.2, 0) is 4.74 Å². The number of hydrogen-bond donors (Lipinski definition) is 2. The second kappa shape index (κ2) is 6.38. The van der Waals surface area contributed by atoms with Crippen LogP contribution in [0.15, 0.2) is 16.5 Å². The fourth-order valence-corrected chi connectivity index (χ4v) is 1.48. The van der Waals surface area contributed by atoms with Gasteiger partial charge in [0.2, 0.25) is 0 Å². The quantitative estimate of drug-likeness (QED) is 0.628. The molecule has 0 saturated heterocycles. The van der Waals surface area contributed by atoms with Gasteiger partial charge in [-0.3, -0.25) is 10.1 Å². The minimum absolute atomic E-state index is 0.177. The normalized spacial score (nSPS) is 12.8. The summed E-state index contributed by atoms with van der Waals surface area (Å²) in [6.45, 7) is 5.62. The van der Waals surface area contributed by atoms with E-state index < -0.39 is 16.6 Å². The average molecular weight is 285 g/mol. The topological polar surface area (TPSA) is 121 Å². The van der Waals surface area contributed by atoms with Crippen molar-refractivity contribution in [2.45, 2.75) is 32.3 Å². The molecular formula is C12H19N3O5. The van der Waals surface area contributed by atoms with Crippen LogP contribution in [0.5, 0.6) is 0 Å². The van der Waals surface area contributed by atoms with Gasteiger partial charge in [0.25, 0.3) is 0 Å². The van der Waals surface area contributed by atoms with E-state index in [1.165, 1.54) is 12.1 Å². The zero-order valence-corrected chi connectivity index (χ0v) is 11.7. The molecule has 0 aliphatic heterocycles. The number of rotatable bonds is 5. The zero-order chi connectivity index (χ0) is 15.3. The third-order valence-electron chi connectivity index (χ3n) is 2.37. The highest BCUT2D eigenvalue weighted by atomic mass is 16.6. The van der Waals surface area contributed by atoms with Crippen LogP contribution in [0.25, 0.3) is 0 Å². The van der Waals surface area contributed by atoms with Crippen LogP contribution < -0.4 is 11.1 Å². The van der Waals surface area contributed by atoms with Crippen LogP contribution in [0.3, 0.4) is 0 Å². The molecule has 1 amide bonds. The lowest BCUT2D eigenvalue weighted by atomic mass is 10.1. The van der Waals surface area contributed by atoms with E-state index in [0.29, 0.717) is 5.76 Å². The maximum Gasteiger partial charge on any atom is 0.433 e. The number of nitro groups is 1. The summed E-state index contributed by atoms with van der Waals surface area (Å²) in [6, 6.07) is 2.73. The zero-order valence-electron chi connectivity index (χ0n) is 11.7. The molecule has 0 fully saturated rings. The first-order valence-electron chi connectivity index (χ1n) is 6.14. The summed E-state index contributed by atoms with van der Waals surface area (Å²) in [5.41, 5.74) is 4.99. The molecule has 0 aliphatic rings. The number of amides is 1. The van der Waals surface area contributed by atoms with E-state index in [4.69, 9.17) is 14.9 Å². The van der Waals surface area contributed by atoms with Crippen molar-refractivity contribution in [3.8, 4) is 0 Å². The van der Waals surface area contributed by atoms with E-state index in [9.17, 15) is 14.9 Å². The second-order valence-electron chi connectivity index (χ2n) is 5.25. The number of nitrogens with zero attached hydrogens (tertiary/aromatic N) is 1. The molecule has 0 spiro atoms. The molecule has 20 heavy (non-hydrogen) atoms. The lowest BCUT2D eigenvalue weighted by Crippen LogP contribution is -2.36. The largest absolute Gasteiger partial charge is 0.444 e. The van der Waals surface area contributed by atoms with E-state index in [1.807, 2.05) is 0 Å². The molecule has 0 bridgehead atoms. The Morgan fingerprint density at radius 1 is 1.55 bits per heavy atom. The molecule has 0 aromatic carbocycles. The molecule has 1 aromatic heterocycles. The predicted molar refractivity (Wildman–Crippen MR) is 71.4 cm³/mol. The number of furan rings is 1. The molecule has 1 atom stereocenters. The van der Waals surface area contributed by atoms with E-state index >= 15 is 0 Å². The molecule has 1 unspecified atom stereocenters. The number of ether oxygens (including phenoxy) is 1. The minimum atomic E-state index is -0.627. The molecular weight excluding hydrogens is 266 g/mol. The molecule has 1 rings (SSSR count). The Morgan fingerprint density at radius 2 is 2.20 bits per heavy atom. The molecule has 112 valence electrons. The van der Waals surface area contributed by atoms with Crippen LogP contribution in [0.4, 0.5) is 10.7 Å². The maximum absolute atomic E-state index is 11.5. The molecule has 8 heteroatoms. The predicted octanol–water partition coefficient (Wildman–Crippen LogP) is 1.75. The number of carbonyl (C=O) groups excluding carboxylic acids is 1. The Hall–Kier alpha value is -2.09. The Kier molecular flexibility index (Phi) is 5.09. The van der Waals surface area contributed by atoms with Crippen molar-refractivity contribution >= 4 is 12.0 Å². The van der Waals surface area contributed by atoms with Crippen molar-refractivity contribution in [1.82, 2.24) is 5.32 Å². The smallest absolute Gasteiger partial charge is 0.433 e. The molecule has 0 aliphatic carbocycles. The molecule has 3 N–H and O–H groups in total. The van der Waals surface area contributed by atoms with Crippen LogP contribution in [0, 0.1) is 10.1 Å².